The Morgan fingerprint density at radius 3 is 2.64 bits per heavy atom. The van der Waals surface area contributed by atoms with Gasteiger partial charge in [-0.2, -0.15) is 0 Å². The molecule has 138 valence electrons. The highest BCUT2D eigenvalue weighted by molar-refractivity contribution is 5.92. The van der Waals surface area contributed by atoms with Crippen molar-refractivity contribution in [2.75, 3.05) is 13.1 Å². The summed E-state index contributed by atoms with van der Waals surface area (Å²) in [6.45, 7) is 7.27. The molecule has 0 aromatic carbocycles. The second-order valence-electron chi connectivity index (χ2n) is 10.4. The molecule has 7 atom stereocenters. The van der Waals surface area contributed by atoms with Crippen molar-refractivity contribution in [3.05, 3.63) is 12.2 Å². The Labute approximate surface area is 153 Å². The summed E-state index contributed by atoms with van der Waals surface area (Å²) >= 11 is 0. The van der Waals surface area contributed by atoms with E-state index in [0.717, 1.165) is 37.3 Å². The van der Waals surface area contributed by atoms with E-state index in [1.807, 2.05) is 0 Å². The Kier molecular flexibility index (Phi) is 3.76. The number of allylic oxidation sites excluding steroid dienone is 2. The fourth-order valence-electron chi connectivity index (χ4n) is 8.00. The number of likely N-dealkylation sites (tertiary alicyclic amines) is 1. The minimum Gasteiger partial charge on any atom is -0.297 e. The molecule has 4 fully saturated rings. The van der Waals surface area contributed by atoms with Crippen LogP contribution in [-0.2, 0) is 4.79 Å². The van der Waals surface area contributed by atoms with Gasteiger partial charge in [-0.25, -0.2) is 0 Å². The highest BCUT2D eigenvalue weighted by atomic mass is 16.1. The van der Waals surface area contributed by atoms with Gasteiger partial charge in [0.25, 0.3) is 0 Å². The summed E-state index contributed by atoms with van der Waals surface area (Å²) in [5.74, 6) is 3.85. The van der Waals surface area contributed by atoms with Gasteiger partial charge in [0.05, 0.1) is 6.04 Å². The van der Waals surface area contributed by atoms with E-state index in [-0.39, 0.29) is 11.5 Å². The van der Waals surface area contributed by atoms with Gasteiger partial charge >= 0.3 is 0 Å². The minimum atomic E-state index is -0.0118. The number of nitrogens with zero attached hydrogens (tertiary/aromatic N) is 1. The van der Waals surface area contributed by atoms with E-state index in [2.05, 4.69) is 30.9 Å². The maximum Gasteiger partial charge on any atom is 0.156 e. The Morgan fingerprint density at radius 2 is 1.84 bits per heavy atom. The first-order chi connectivity index (χ1) is 12.0. The number of rotatable bonds is 1. The third kappa shape index (κ3) is 2.22. The molecule has 2 heteroatoms. The third-order valence-electron chi connectivity index (χ3n) is 9.52. The van der Waals surface area contributed by atoms with Crippen molar-refractivity contribution >= 4 is 5.78 Å². The SMILES string of the molecule is C[C@]12CC=CCC1CCC1C2CC[C@]2(C)C(=O)[C@@H](N3CCCC3)CC12. The van der Waals surface area contributed by atoms with Gasteiger partial charge in [0.15, 0.2) is 5.78 Å². The predicted octanol–water partition coefficient (Wildman–Crippen LogP) is 4.84. The second-order valence-corrected chi connectivity index (χ2v) is 10.4. The van der Waals surface area contributed by atoms with Crippen molar-refractivity contribution < 1.29 is 4.79 Å². The number of hydrogen-bond acceptors (Lipinski definition) is 2. The van der Waals surface area contributed by atoms with Crippen molar-refractivity contribution in [2.24, 2.45) is 34.5 Å². The van der Waals surface area contributed by atoms with E-state index >= 15 is 0 Å². The highest BCUT2D eigenvalue weighted by Crippen LogP contribution is 2.65. The highest BCUT2D eigenvalue weighted by Gasteiger charge is 2.62. The number of hydrogen-bond donors (Lipinski definition) is 0. The lowest BCUT2D eigenvalue weighted by atomic mass is 9.46. The zero-order chi connectivity index (χ0) is 17.2. The van der Waals surface area contributed by atoms with Crippen LogP contribution in [0.15, 0.2) is 12.2 Å². The third-order valence-corrected chi connectivity index (χ3v) is 9.52. The van der Waals surface area contributed by atoms with E-state index in [4.69, 9.17) is 0 Å². The van der Waals surface area contributed by atoms with Gasteiger partial charge in [0.1, 0.15) is 0 Å². The number of fused-ring (bicyclic) bond motifs is 5. The van der Waals surface area contributed by atoms with Gasteiger partial charge in [-0.1, -0.05) is 26.0 Å². The molecule has 5 aliphatic rings. The number of carbonyl (C=O) groups is 1. The molecule has 0 aromatic rings. The summed E-state index contributed by atoms with van der Waals surface area (Å²) < 4.78 is 0. The average Bonchev–Trinajstić information content (AvgIpc) is 3.21. The van der Waals surface area contributed by atoms with Crippen molar-refractivity contribution in [2.45, 2.75) is 77.7 Å². The van der Waals surface area contributed by atoms with Crippen LogP contribution < -0.4 is 0 Å². The van der Waals surface area contributed by atoms with Gasteiger partial charge in [0.2, 0.25) is 0 Å². The lowest BCUT2D eigenvalue weighted by molar-refractivity contribution is -0.138. The zero-order valence-electron chi connectivity index (χ0n) is 16.2. The number of ketones is 1. The van der Waals surface area contributed by atoms with E-state index in [1.165, 1.54) is 51.4 Å². The van der Waals surface area contributed by atoms with Gasteiger partial charge in [-0.15, -0.1) is 0 Å². The van der Waals surface area contributed by atoms with Crippen LogP contribution in [0.5, 0.6) is 0 Å². The molecule has 2 nitrogen and oxygen atoms in total. The maximum absolute atomic E-state index is 13.4. The Morgan fingerprint density at radius 1 is 1.04 bits per heavy atom. The summed E-state index contributed by atoms with van der Waals surface area (Å²) in [5, 5.41) is 0. The summed E-state index contributed by atoms with van der Waals surface area (Å²) in [7, 11) is 0. The van der Waals surface area contributed by atoms with Crippen molar-refractivity contribution in [3.63, 3.8) is 0 Å². The van der Waals surface area contributed by atoms with Crippen molar-refractivity contribution in [1.82, 2.24) is 4.90 Å². The quantitative estimate of drug-likeness (QED) is 0.636. The first-order valence-electron chi connectivity index (χ1n) is 11.0. The predicted molar refractivity (Wildman–Crippen MR) is 101 cm³/mol. The van der Waals surface area contributed by atoms with Gasteiger partial charge in [-0.3, -0.25) is 9.69 Å². The Bertz CT molecular complexity index is 591. The van der Waals surface area contributed by atoms with E-state index in [9.17, 15) is 4.79 Å². The first-order valence-corrected chi connectivity index (χ1v) is 11.0. The fourth-order valence-corrected chi connectivity index (χ4v) is 8.00. The fraction of sp³-hybridized carbons (Fsp3) is 0.870. The average molecular weight is 342 g/mol. The van der Waals surface area contributed by atoms with Crippen LogP contribution in [0.25, 0.3) is 0 Å². The molecule has 1 aliphatic heterocycles. The molecule has 0 spiro atoms. The molecule has 0 amide bonds. The summed E-state index contributed by atoms with van der Waals surface area (Å²) in [6, 6.07) is 0.257. The molecule has 0 N–H and O–H groups in total. The lowest BCUT2D eigenvalue weighted by Crippen LogP contribution is -2.52. The zero-order valence-corrected chi connectivity index (χ0v) is 16.2. The number of Topliss-reactive ketones (excluding diaryl/α,β-unsaturated/α-hetero) is 1. The molecular formula is C23H35NO. The maximum atomic E-state index is 13.4. The van der Waals surface area contributed by atoms with Crippen molar-refractivity contribution in [3.8, 4) is 0 Å². The van der Waals surface area contributed by atoms with Crippen LogP contribution in [0.4, 0.5) is 0 Å². The van der Waals surface area contributed by atoms with Crippen LogP contribution >= 0.6 is 0 Å². The largest absolute Gasteiger partial charge is 0.297 e. The van der Waals surface area contributed by atoms with Crippen LogP contribution in [0, 0.1) is 34.5 Å². The van der Waals surface area contributed by atoms with Crippen molar-refractivity contribution in [1.29, 1.82) is 0 Å². The van der Waals surface area contributed by atoms with Crippen LogP contribution in [0.3, 0.4) is 0 Å². The molecule has 1 saturated heterocycles. The molecule has 0 radical (unpaired) electrons. The van der Waals surface area contributed by atoms with Gasteiger partial charge in [0, 0.05) is 5.41 Å². The van der Waals surface area contributed by atoms with Crippen LogP contribution in [0.1, 0.15) is 71.6 Å². The number of carbonyl (C=O) groups excluding carboxylic acids is 1. The molecule has 4 unspecified atom stereocenters. The monoisotopic (exact) mass is 341 g/mol. The summed E-state index contributed by atoms with van der Waals surface area (Å²) in [6.07, 6.45) is 16.5. The molecule has 5 rings (SSSR count). The lowest BCUT2D eigenvalue weighted by Gasteiger charge is -2.58. The molecule has 0 aromatic heterocycles. The molecule has 0 bridgehead atoms. The second kappa shape index (κ2) is 5.68. The molecule has 3 saturated carbocycles. The molecular weight excluding hydrogens is 306 g/mol. The Balaban J connectivity index is 1.45. The van der Waals surface area contributed by atoms with Gasteiger partial charge < -0.3 is 0 Å². The van der Waals surface area contributed by atoms with Crippen LogP contribution in [0.2, 0.25) is 0 Å². The summed E-state index contributed by atoms with van der Waals surface area (Å²) in [5.41, 5.74) is 0.496. The van der Waals surface area contributed by atoms with E-state index in [0.29, 0.717) is 17.1 Å². The topological polar surface area (TPSA) is 20.3 Å². The standard InChI is InChI=1S/C23H35NO/c1-22-11-4-3-7-16(22)8-9-17-18(22)10-12-23(2)19(17)15-20(21(23)25)24-13-5-6-14-24/h3-4,16-20H,5-15H2,1-2H3/t16?,17?,18?,19?,20-,22-,23-/m0/s1. The normalized spacial score (nSPS) is 52.7. The van der Waals surface area contributed by atoms with Gasteiger partial charge in [-0.05, 0) is 100.0 Å². The molecule has 25 heavy (non-hydrogen) atoms. The molecule has 1 heterocycles. The summed E-state index contributed by atoms with van der Waals surface area (Å²) in [4.78, 5) is 16.0. The smallest absolute Gasteiger partial charge is 0.156 e. The van der Waals surface area contributed by atoms with E-state index < -0.39 is 0 Å². The van der Waals surface area contributed by atoms with Crippen LogP contribution in [-0.4, -0.2) is 29.8 Å². The first kappa shape index (κ1) is 16.5. The minimum absolute atomic E-state index is 0.0118. The Hall–Kier alpha value is -0.630. The molecule has 4 aliphatic carbocycles. The van der Waals surface area contributed by atoms with E-state index in [1.54, 1.807) is 0 Å².